The number of hydroxylamine groups is 2. The van der Waals surface area contributed by atoms with E-state index in [1.165, 1.54) is 0 Å². The van der Waals surface area contributed by atoms with E-state index in [2.05, 4.69) is 0 Å². The zero-order valence-corrected chi connectivity index (χ0v) is 15.5. The van der Waals surface area contributed by atoms with E-state index >= 15 is 0 Å². The summed E-state index contributed by atoms with van der Waals surface area (Å²) in [5.41, 5.74) is 7.65. The molecule has 0 aromatic heterocycles. The van der Waals surface area contributed by atoms with Crippen LogP contribution in [0, 0.1) is 0 Å². The predicted molar refractivity (Wildman–Crippen MR) is 105 cm³/mol. The number of urea groups is 1. The second kappa shape index (κ2) is 9.05. The number of carbonyl (C=O) groups excluding carboxylic acids is 2. The highest BCUT2D eigenvalue weighted by atomic mass is 16.5. The van der Waals surface area contributed by atoms with E-state index in [0.29, 0.717) is 29.5 Å². The Labute approximate surface area is 163 Å². The van der Waals surface area contributed by atoms with E-state index in [4.69, 9.17) is 10.5 Å². The molecule has 1 aliphatic heterocycles. The molecule has 2 aromatic rings. The maximum atomic E-state index is 12.7. The number of nitrogens with two attached hydrogens (primary N) is 1. The normalized spacial score (nSPS) is 13.5. The molecule has 1 aliphatic rings. The average Bonchev–Trinajstić information content (AvgIpc) is 2.70. The van der Waals surface area contributed by atoms with Crippen LogP contribution in [0.2, 0.25) is 0 Å². The highest BCUT2D eigenvalue weighted by Gasteiger charge is 2.23. The minimum absolute atomic E-state index is 0.000716. The lowest BCUT2D eigenvalue weighted by Gasteiger charge is -2.28. The van der Waals surface area contributed by atoms with Gasteiger partial charge in [-0.3, -0.25) is 10.0 Å². The zero-order valence-electron chi connectivity index (χ0n) is 15.5. The van der Waals surface area contributed by atoms with Crippen LogP contribution in [0.25, 0.3) is 6.08 Å². The largest absolute Gasteiger partial charge is 0.492 e. The van der Waals surface area contributed by atoms with Crippen molar-refractivity contribution < 1.29 is 19.5 Å². The van der Waals surface area contributed by atoms with Crippen molar-refractivity contribution in [3.8, 4) is 5.75 Å². The molecule has 3 N–H and O–H groups in total. The molecule has 0 atom stereocenters. The van der Waals surface area contributed by atoms with Gasteiger partial charge in [-0.2, -0.15) is 0 Å². The lowest BCUT2D eigenvalue weighted by Crippen LogP contribution is -2.37. The van der Waals surface area contributed by atoms with Gasteiger partial charge in [-0.25, -0.2) is 9.86 Å². The molecular weight excluding hydrogens is 358 g/mol. The van der Waals surface area contributed by atoms with Crippen LogP contribution in [0.4, 0.5) is 4.79 Å². The average molecular weight is 381 g/mol. The van der Waals surface area contributed by atoms with E-state index in [0.717, 1.165) is 17.5 Å². The summed E-state index contributed by atoms with van der Waals surface area (Å²) in [5, 5.41) is 9.62. The Morgan fingerprint density at radius 1 is 1.25 bits per heavy atom. The SMILES string of the molecule is NC(=O)N(O)CCOc1ccc2c(c1)CCN(C/C=C/c1ccccc1)C2=O. The van der Waals surface area contributed by atoms with E-state index in [1.807, 2.05) is 53.5 Å². The Kier molecular flexibility index (Phi) is 6.29. The van der Waals surface area contributed by atoms with Crippen LogP contribution in [0.15, 0.2) is 54.6 Å². The minimum atomic E-state index is -0.930. The number of rotatable bonds is 7. The first-order valence-electron chi connectivity index (χ1n) is 9.07. The Morgan fingerprint density at radius 3 is 2.79 bits per heavy atom. The van der Waals surface area contributed by atoms with Gasteiger partial charge in [0, 0.05) is 18.7 Å². The highest BCUT2D eigenvalue weighted by Crippen LogP contribution is 2.24. The summed E-state index contributed by atoms with van der Waals surface area (Å²) in [6.07, 6.45) is 4.75. The number of benzene rings is 2. The molecule has 28 heavy (non-hydrogen) atoms. The molecule has 0 spiro atoms. The fourth-order valence-corrected chi connectivity index (χ4v) is 3.02. The van der Waals surface area contributed by atoms with E-state index in [-0.39, 0.29) is 19.1 Å². The Hall–Kier alpha value is -3.32. The lowest BCUT2D eigenvalue weighted by molar-refractivity contribution is -0.0464. The topological polar surface area (TPSA) is 96.1 Å². The fraction of sp³-hybridized carbons (Fsp3) is 0.238. The van der Waals surface area contributed by atoms with Gasteiger partial charge in [-0.05, 0) is 35.7 Å². The first-order chi connectivity index (χ1) is 13.5. The van der Waals surface area contributed by atoms with Crippen molar-refractivity contribution in [3.05, 3.63) is 71.3 Å². The number of amides is 3. The molecule has 0 bridgehead atoms. The summed E-state index contributed by atoms with van der Waals surface area (Å²) in [6.45, 7) is 1.26. The van der Waals surface area contributed by atoms with Crippen LogP contribution in [-0.4, -0.2) is 53.3 Å². The van der Waals surface area contributed by atoms with Gasteiger partial charge in [0.1, 0.15) is 12.4 Å². The summed E-state index contributed by atoms with van der Waals surface area (Å²) in [4.78, 5) is 25.3. The first-order valence-corrected chi connectivity index (χ1v) is 9.07. The number of carbonyl (C=O) groups is 2. The highest BCUT2D eigenvalue weighted by molar-refractivity contribution is 5.97. The Morgan fingerprint density at radius 2 is 2.04 bits per heavy atom. The molecule has 146 valence electrons. The maximum Gasteiger partial charge on any atom is 0.338 e. The quantitative estimate of drug-likeness (QED) is 0.569. The maximum absolute atomic E-state index is 12.7. The summed E-state index contributed by atoms with van der Waals surface area (Å²) in [5.74, 6) is 0.586. The lowest BCUT2D eigenvalue weighted by atomic mass is 9.98. The fourth-order valence-electron chi connectivity index (χ4n) is 3.02. The molecule has 0 fully saturated rings. The number of primary amides is 1. The van der Waals surface area contributed by atoms with Gasteiger partial charge >= 0.3 is 6.03 Å². The van der Waals surface area contributed by atoms with Crippen molar-refractivity contribution in [1.82, 2.24) is 9.96 Å². The molecule has 3 rings (SSSR count). The van der Waals surface area contributed by atoms with Gasteiger partial charge in [0.2, 0.25) is 0 Å². The van der Waals surface area contributed by atoms with Crippen molar-refractivity contribution in [2.45, 2.75) is 6.42 Å². The monoisotopic (exact) mass is 381 g/mol. The van der Waals surface area contributed by atoms with Crippen LogP contribution < -0.4 is 10.5 Å². The van der Waals surface area contributed by atoms with E-state index in [1.54, 1.807) is 12.1 Å². The number of hydrogen-bond donors (Lipinski definition) is 2. The van der Waals surface area contributed by atoms with Gasteiger partial charge in [0.25, 0.3) is 5.91 Å². The molecule has 3 amide bonds. The summed E-state index contributed by atoms with van der Waals surface area (Å²) >= 11 is 0. The minimum Gasteiger partial charge on any atom is -0.492 e. The predicted octanol–water partition coefficient (Wildman–Crippen LogP) is 2.55. The van der Waals surface area contributed by atoms with E-state index in [9.17, 15) is 14.8 Å². The number of nitrogens with zero attached hydrogens (tertiary/aromatic N) is 2. The van der Waals surface area contributed by atoms with Crippen molar-refractivity contribution in [3.63, 3.8) is 0 Å². The second-order valence-electron chi connectivity index (χ2n) is 6.44. The molecule has 1 heterocycles. The number of hydrogen-bond acceptors (Lipinski definition) is 4. The summed E-state index contributed by atoms with van der Waals surface area (Å²) < 4.78 is 5.52. The molecule has 0 unspecified atom stereocenters. The smallest absolute Gasteiger partial charge is 0.338 e. The third kappa shape index (κ3) is 4.89. The van der Waals surface area contributed by atoms with Crippen LogP contribution in [0.3, 0.4) is 0 Å². The molecule has 7 heteroatoms. The zero-order chi connectivity index (χ0) is 19.9. The van der Waals surface area contributed by atoms with Crippen molar-refractivity contribution >= 4 is 18.0 Å². The summed E-state index contributed by atoms with van der Waals surface area (Å²) in [6, 6.07) is 14.3. The molecule has 0 radical (unpaired) electrons. The van der Waals surface area contributed by atoms with Gasteiger partial charge in [-0.15, -0.1) is 0 Å². The van der Waals surface area contributed by atoms with Crippen molar-refractivity contribution in [1.29, 1.82) is 0 Å². The van der Waals surface area contributed by atoms with Crippen molar-refractivity contribution in [2.75, 3.05) is 26.2 Å². The summed E-state index contributed by atoms with van der Waals surface area (Å²) in [7, 11) is 0. The Bertz CT molecular complexity index is 867. The first kappa shape index (κ1) is 19.4. The third-order valence-corrected chi connectivity index (χ3v) is 4.51. The molecule has 0 saturated carbocycles. The molecular formula is C21H23N3O4. The molecule has 2 aromatic carbocycles. The van der Waals surface area contributed by atoms with Gasteiger partial charge in [0.05, 0.1) is 6.54 Å². The third-order valence-electron chi connectivity index (χ3n) is 4.51. The van der Waals surface area contributed by atoms with E-state index < -0.39 is 6.03 Å². The van der Waals surface area contributed by atoms with Gasteiger partial charge in [0.15, 0.2) is 0 Å². The van der Waals surface area contributed by atoms with Gasteiger partial charge in [-0.1, -0.05) is 42.5 Å². The number of fused-ring (bicyclic) bond motifs is 1. The van der Waals surface area contributed by atoms with Crippen LogP contribution >= 0.6 is 0 Å². The molecule has 7 nitrogen and oxygen atoms in total. The van der Waals surface area contributed by atoms with Crippen molar-refractivity contribution in [2.24, 2.45) is 5.73 Å². The van der Waals surface area contributed by atoms with Crippen LogP contribution in [0.1, 0.15) is 21.5 Å². The molecule has 0 saturated heterocycles. The second-order valence-corrected chi connectivity index (χ2v) is 6.44. The number of ether oxygens (including phenoxy) is 1. The molecule has 0 aliphatic carbocycles. The van der Waals surface area contributed by atoms with Crippen LogP contribution in [-0.2, 0) is 6.42 Å². The van der Waals surface area contributed by atoms with Crippen LogP contribution in [0.5, 0.6) is 5.75 Å². The van der Waals surface area contributed by atoms with Gasteiger partial charge < -0.3 is 15.4 Å². The Balaban J connectivity index is 1.57. The standard InChI is InChI=1S/C21H23N3O4/c22-21(26)24(27)13-14-28-18-8-9-19-17(15-18)10-12-23(20(19)25)11-4-7-16-5-2-1-3-6-16/h1-9,15,27H,10-14H2,(H2,22,26)/b7-4+.